The molecule has 0 atom stereocenters. The van der Waals surface area contributed by atoms with E-state index in [1.54, 1.807) is 6.33 Å². The van der Waals surface area contributed by atoms with Gasteiger partial charge in [-0.05, 0) is 25.3 Å². The highest BCUT2D eigenvalue weighted by atomic mass is 32.2. The summed E-state index contributed by atoms with van der Waals surface area (Å²) < 4.78 is 2.05. The van der Waals surface area contributed by atoms with Crippen molar-refractivity contribution in [2.75, 3.05) is 36.9 Å². The Morgan fingerprint density at radius 3 is 2.76 bits per heavy atom. The third-order valence-electron chi connectivity index (χ3n) is 3.56. The number of fused-ring (bicyclic) bond motifs is 1. The van der Waals surface area contributed by atoms with E-state index in [0.29, 0.717) is 11.3 Å². The Labute approximate surface area is 130 Å². The van der Waals surface area contributed by atoms with Crippen LogP contribution in [0.5, 0.6) is 0 Å². The van der Waals surface area contributed by atoms with Crippen LogP contribution in [0.3, 0.4) is 0 Å². The number of thioether (sulfide) groups is 1. The summed E-state index contributed by atoms with van der Waals surface area (Å²) in [5, 5.41) is 0. The van der Waals surface area contributed by atoms with Crippen molar-refractivity contribution in [1.82, 2.24) is 24.4 Å². The first-order valence-electron chi connectivity index (χ1n) is 7.47. The van der Waals surface area contributed by atoms with Crippen LogP contribution in [-0.2, 0) is 6.54 Å². The molecule has 7 heteroatoms. The molecule has 0 unspecified atom stereocenters. The van der Waals surface area contributed by atoms with Crippen molar-refractivity contribution in [3.8, 4) is 0 Å². The van der Waals surface area contributed by atoms with Crippen molar-refractivity contribution >= 4 is 28.7 Å². The zero-order valence-corrected chi connectivity index (χ0v) is 13.6. The highest BCUT2D eigenvalue weighted by Crippen LogP contribution is 2.15. The largest absolute Gasteiger partial charge is 0.382 e. The van der Waals surface area contributed by atoms with Gasteiger partial charge in [0.25, 0.3) is 0 Å². The summed E-state index contributed by atoms with van der Waals surface area (Å²) in [6.45, 7) is 8.80. The van der Waals surface area contributed by atoms with Gasteiger partial charge < -0.3 is 15.2 Å². The molecule has 0 saturated heterocycles. The molecule has 0 aliphatic rings. The van der Waals surface area contributed by atoms with Gasteiger partial charge in [-0.25, -0.2) is 15.0 Å². The van der Waals surface area contributed by atoms with Gasteiger partial charge in [0.05, 0.1) is 6.33 Å². The number of nitrogens with zero attached hydrogens (tertiary/aromatic N) is 5. The van der Waals surface area contributed by atoms with Crippen LogP contribution in [0.1, 0.15) is 20.3 Å². The quantitative estimate of drug-likeness (QED) is 0.713. The lowest BCUT2D eigenvalue weighted by atomic mass is 10.4. The molecule has 21 heavy (non-hydrogen) atoms. The number of hydrogen-bond acceptors (Lipinski definition) is 6. The number of imidazole rings is 1. The molecule has 0 saturated carbocycles. The molecule has 0 amide bonds. The summed E-state index contributed by atoms with van der Waals surface area (Å²) >= 11 is 2.01. The van der Waals surface area contributed by atoms with E-state index in [0.717, 1.165) is 37.5 Å². The predicted molar refractivity (Wildman–Crippen MR) is 89.5 cm³/mol. The van der Waals surface area contributed by atoms with E-state index in [9.17, 15) is 0 Å². The minimum Gasteiger partial charge on any atom is -0.382 e. The molecule has 2 heterocycles. The molecular weight excluding hydrogens is 284 g/mol. The second-order valence-corrected chi connectivity index (χ2v) is 6.09. The van der Waals surface area contributed by atoms with Gasteiger partial charge >= 0.3 is 0 Å². The molecule has 0 aliphatic heterocycles. The van der Waals surface area contributed by atoms with Gasteiger partial charge in [-0.3, -0.25) is 0 Å². The molecular formula is C14H24N6S. The normalized spacial score (nSPS) is 11.6. The smallest absolute Gasteiger partial charge is 0.165 e. The monoisotopic (exact) mass is 308 g/mol. The topological polar surface area (TPSA) is 72.9 Å². The van der Waals surface area contributed by atoms with Gasteiger partial charge in [0.1, 0.15) is 11.8 Å². The van der Waals surface area contributed by atoms with Crippen molar-refractivity contribution in [1.29, 1.82) is 0 Å². The minimum atomic E-state index is 0.451. The summed E-state index contributed by atoms with van der Waals surface area (Å²) in [7, 11) is 0. The number of aryl methyl sites for hydroxylation is 1. The highest BCUT2D eigenvalue weighted by Gasteiger charge is 2.07. The number of hydrogen-bond donors (Lipinski definition) is 1. The first-order valence-corrected chi connectivity index (χ1v) is 8.63. The molecule has 0 bridgehead atoms. The predicted octanol–water partition coefficient (Wildman–Crippen LogP) is 1.87. The van der Waals surface area contributed by atoms with Crippen LogP contribution >= 0.6 is 11.8 Å². The maximum atomic E-state index is 5.78. The molecule has 0 aromatic carbocycles. The molecule has 2 aromatic rings. The van der Waals surface area contributed by atoms with Gasteiger partial charge in [-0.1, -0.05) is 13.8 Å². The highest BCUT2D eigenvalue weighted by molar-refractivity contribution is 7.99. The Morgan fingerprint density at radius 2 is 2.00 bits per heavy atom. The number of aromatic nitrogens is 4. The first kappa shape index (κ1) is 16.0. The first-order chi connectivity index (χ1) is 10.3. The van der Waals surface area contributed by atoms with E-state index in [1.165, 1.54) is 18.6 Å². The summed E-state index contributed by atoms with van der Waals surface area (Å²) in [6.07, 6.45) is 4.41. The fraction of sp³-hybridized carbons (Fsp3) is 0.643. The molecule has 0 spiro atoms. The van der Waals surface area contributed by atoms with Crippen molar-refractivity contribution in [2.45, 2.75) is 26.8 Å². The summed E-state index contributed by atoms with van der Waals surface area (Å²) in [5.74, 6) is 2.80. The van der Waals surface area contributed by atoms with Gasteiger partial charge in [-0.2, -0.15) is 11.8 Å². The van der Waals surface area contributed by atoms with Crippen molar-refractivity contribution < 1.29 is 0 Å². The number of nitrogen functional groups attached to an aromatic ring is 1. The van der Waals surface area contributed by atoms with Crippen LogP contribution in [0, 0.1) is 0 Å². The minimum absolute atomic E-state index is 0.451. The van der Waals surface area contributed by atoms with Crippen LogP contribution in [0.2, 0.25) is 0 Å². The van der Waals surface area contributed by atoms with Crippen LogP contribution in [0.4, 0.5) is 5.82 Å². The maximum Gasteiger partial charge on any atom is 0.165 e. The Kier molecular flexibility index (Phi) is 6.25. The van der Waals surface area contributed by atoms with Crippen molar-refractivity contribution in [3.05, 3.63) is 12.7 Å². The van der Waals surface area contributed by atoms with Crippen LogP contribution in [0.15, 0.2) is 12.7 Å². The zero-order chi connectivity index (χ0) is 15.1. The molecule has 0 fully saturated rings. The van der Waals surface area contributed by atoms with Crippen LogP contribution < -0.4 is 5.73 Å². The molecule has 0 aliphatic carbocycles. The Bertz CT molecular complexity index is 551. The fourth-order valence-corrected chi connectivity index (χ4v) is 3.16. The fourth-order valence-electron chi connectivity index (χ4n) is 2.23. The van der Waals surface area contributed by atoms with E-state index in [2.05, 4.69) is 38.3 Å². The van der Waals surface area contributed by atoms with Gasteiger partial charge in [0.15, 0.2) is 11.5 Å². The number of nitrogens with two attached hydrogens (primary N) is 1. The molecule has 6 nitrogen and oxygen atoms in total. The van der Waals surface area contributed by atoms with Gasteiger partial charge in [-0.15, -0.1) is 0 Å². The summed E-state index contributed by atoms with van der Waals surface area (Å²) in [4.78, 5) is 14.9. The van der Waals surface area contributed by atoms with E-state index >= 15 is 0 Å². The van der Waals surface area contributed by atoms with E-state index in [-0.39, 0.29) is 0 Å². The molecule has 2 rings (SSSR count). The lowest BCUT2D eigenvalue weighted by Gasteiger charge is -2.17. The van der Waals surface area contributed by atoms with Crippen LogP contribution in [-0.4, -0.2) is 55.6 Å². The second-order valence-electron chi connectivity index (χ2n) is 4.86. The van der Waals surface area contributed by atoms with Gasteiger partial charge in [0, 0.05) is 18.8 Å². The van der Waals surface area contributed by atoms with Crippen LogP contribution in [0.25, 0.3) is 11.2 Å². The standard InChI is InChI=1S/C14H24N6S/c1-3-19(4-2)7-9-21-8-5-6-20-11-18-12-13(15)16-10-17-14(12)20/h10-11H,3-9H2,1-2H3,(H2,15,16,17). The lowest BCUT2D eigenvalue weighted by Crippen LogP contribution is -2.25. The van der Waals surface area contributed by atoms with E-state index in [1.807, 2.05) is 11.8 Å². The molecule has 0 radical (unpaired) electrons. The summed E-state index contributed by atoms with van der Waals surface area (Å²) in [6, 6.07) is 0. The Balaban J connectivity index is 1.72. The Morgan fingerprint density at radius 1 is 1.19 bits per heavy atom. The SMILES string of the molecule is CCN(CC)CCSCCCn1cnc2c(N)ncnc21. The van der Waals surface area contributed by atoms with E-state index in [4.69, 9.17) is 5.73 Å². The second kappa shape index (κ2) is 8.19. The third-order valence-corrected chi connectivity index (χ3v) is 4.61. The lowest BCUT2D eigenvalue weighted by molar-refractivity contribution is 0.324. The maximum absolute atomic E-state index is 5.78. The Hall–Kier alpha value is -1.34. The number of anilines is 1. The molecule has 2 aromatic heterocycles. The molecule has 2 N–H and O–H groups in total. The third kappa shape index (κ3) is 4.31. The molecule has 116 valence electrons. The summed E-state index contributed by atoms with van der Waals surface area (Å²) in [5.41, 5.74) is 7.31. The van der Waals surface area contributed by atoms with Crippen molar-refractivity contribution in [2.24, 2.45) is 0 Å². The number of rotatable bonds is 9. The average Bonchev–Trinajstić information content (AvgIpc) is 2.91. The van der Waals surface area contributed by atoms with E-state index < -0.39 is 0 Å². The zero-order valence-electron chi connectivity index (χ0n) is 12.8. The average molecular weight is 308 g/mol. The van der Waals surface area contributed by atoms with Gasteiger partial charge in [0.2, 0.25) is 0 Å². The van der Waals surface area contributed by atoms with Crippen molar-refractivity contribution in [3.63, 3.8) is 0 Å².